The molecular formula is C27H31N7O. The number of piperidine rings is 1. The van der Waals surface area contributed by atoms with Gasteiger partial charge in [0.25, 0.3) is 5.91 Å². The lowest BCUT2D eigenvalue weighted by atomic mass is 9.91. The summed E-state index contributed by atoms with van der Waals surface area (Å²) >= 11 is 0. The predicted octanol–water partition coefficient (Wildman–Crippen LogP) is 3.33. The highest BCUT2D eigenvalue weighted by Gasteiger charge is 2.20. The summed E-state index contributed by atoms with van der Waals surface area (Å²) in [5.41, 5.74) is 9.91. The molecule has 8 nitrogen and oxygen atoms in total. The van der Waals surface area contributed by atoms with Gasteiger partial charge in [-0.15, -0.1) is 0 Å². The van der Waals surface area contributed by atoms with Crippen LogP contribution in [0.25, 0.3) is 10.8 Å². The van der Waals surface area contributed by atoms with Crippen molar-refractivity contribution in [2.45, 2.75) is 32.4 Å². The minimum atomic E-state index is -0.121. The Kier molecular flexibility index (Phi) is 6.72. The van der Waals surface area contributed by atoms with Gasteiger partial charge in [-0.1, -0.05) is 12.1 Å². The van der Waals surface area contributed by atoms with Gasteiger partial charge in [-0.25, -0.2) is 4.98 Å². The summed E-state index contributed by atoms with van der Waals surface area (Å²) in [4.78, 5) is 23.7. The maximum Gasteiger partial charge on any atom is 0.253 e. The summed E-state index contributed by atoms with van der Waals surface area (Å²) in [7, 11) is 1.96. The molecule has 0 radical (unpaired) electrons. The molecule has 1 amide bonds. The van der Waals surface area contributed by atoms with E-state index in [2.05, 4.69) is 31.5 Å². The topological polar surface area (TPSA) is 102 Å². The van der Waals surface area contributed by atoms with Gasteiger partial charge in [0.15, 0.2) is 0 Å². The lowest BCUT2D eigenvalue weighted by molar-refractivity contribution is 0.0950. The fourth-order valence-electron chi connectivity index (χ4n) is 4.86. The summed E-state index contributed by atoms with van der Waals surface area (Å²) in [5, 5.41) is 9.22. The molecule has 4 aromatic rings. The number of likely N-dealkylation sites (tertiary alicyclic amines) is 1. The Morgan fingerprint density at radius 1 is 1.09 bits per heavy atom. The number of carbonyl (C=O) groups is 1. The maximum absolute atomic E-state index is 12.8. The Bertz CT molecular complexity index is 1320. The van der Waals surface area contributed by atoms with Gasteiger partial charge in [-0.05, 0) is 78.5 Å². The number of fused-ring (bicyclic) bond motifs is 1. The second kappa shape index (κ2) is 10.2. The Morgan fingerprint density at radius 3 is 2.74 bits per heavy atom. The zero-order valence-corrected chi connectivity index (χ0v) is 20.0. The van der Waals surface area contributed by atoms with E-state index in [1.54, 1.807) is 12.4 Å². The van der Waals surface area contributed by atoms with E-state index in [1.807, 2.05) is 54.5 Å². The Morgan fingerprint density at radius 2 is 1.94 bits per heavy atom. The van der Waals surface area contributed by atoms with Crippen molar-refractivity contribution in [2.24, 2.45) is 13.0 Å². The quantitative estimate of drug-likeness (QED) is 0.431. The molecule has 0 unspecified atom stereocenters. The smallest absolute Gasteiger partial charge is 0.253 e. The molecule has 4 heterocycles. The van der Waals surface area contributed by atoms with Crippen molar-refractivity contribution < 1.29 is 4.79 Å². The van der Waals surface area contributed by atoms with Crippen LogP contribution in [0, 0.1) is 5.92 Å². The molecule has 0 bridgehead atoms. The van der Waals surface area contributed by atoms with Crippen LogP contribution in [0.1, 0.15) is 39.9 Å². The highest BCUT2D eigenvalue weighted by Crippen LogP contribution is 2.23. The maximum atomic E-state index is 12.8. The third kappa shape index (κ3) is 5.66. The summed E-state index contributed by atoms with van der Waals surface area (Å²) in [6.07, 6.45) is 12.7. The van der Waals surface area contributed by atoms with Gasteiger partial charge in [0.2, 0.25) is 0 Å². The van der Waals surface area contributed by atoms with Crippen LogP contribution < -0.4 is 11.1 Å². The molecule has 8 heteroatoms. The molecule has 3 N–H and O–H groups in total. The van der Waals surface area contributed by atoms with E-state index in [4.69, 9.17) is 5.73 Å². The van der Waals surface area contributed by atoms with E-state index < -0.39 is 0 Å². The Labute approximate surface area is 205 Å². The van der Waals surface area contributed by atoms with Crippen molar-refractivity contribution in [1.82, 2.24) is 30.0 Å². The number of hydrogen-bond acceptors (Lipinski definition) is 6. The third-order valence-electron chi connectivity index (χ3n) is 6.77. The molecule has 1 aromatic carbocycles. The molecule has 1 aliphatic heterocycles. The number of nitrogens with two attached hydrogens (primary N) is 1. The van der Waals surface area contributed by atoms with E-state index >= 15 is 0 Å². The number of nitrogens with one attached hydrogen (secondary N) is 1. The number of nitrogens with zero attached hydrogens (tertiary/aromatic N) is 5. The molecule has 1 fully saturated rings. The summed E-state index contributed by atoms with van der Waals surface area (Å²) in [5.74, 6) is 1.09. The molecule has 180 valence electrons. The number of hydrogen-bond donors (Lipinski definition) is 2. The normalized spacial score (nSPS) is 14.9. The number of rotatable bonds is 7. The van der Waals surface area contributed by atoms with Crippen LogP contribution in [-0.2, 0) is 26.6 Å². The summed E-state index contributed by atoms with van der Waals surface area (Å²) in [6.45, 7) is 3.37. The van der Waals surface area contributed by atoms with E-state index in [1.165, 1.54) is 18.4 Å². The molecule has 1 aliphatic rings. The summed E-state index contributed by atoms with van der Waals surface area (Å²) in [6, 6.07) is 9.82. The first-order chi connectivity index (χ1) is 17.0. The molecule has 35 heavy (non-hydrogen) atoms. The van der Waals surface area contributed by atoms with Crippen molar-refractivity contribution in [3.05, 3.63) is 83.6 Å². The molecule has 3 aromatic heterocycles. The predicted molar refractivity (Wildman–Crippen MR) is 136 cm³/mol. The minimum absolute atomic E-state index is 0.121. The molecule has 5 rings (SSSR count). The van der Waals surface area contributed by atoms with Crippen molar-refractivity contribution in [1.29, 1.82) is 0 Å². The lowest BCUT2D eigenvalue weighted by Crippen LogP contribution is -2.34. The van der Waals surface area contributed by atoms with Crippen LogP contribution in [0.15, 0.2) is 61.3 Å². The lowest BCUT2D eigenvalue weighted by Gasteiger charge is -2.31. The third-order valence-corrected chi connectivity index (χ3v) is 6.77. The van der Waals surface area contributed by atoms with Crippen molar-refractivity contribution in [2.75, 3.05) is 18.8 Å². The summed E-state index contributed by atoms with van der Waals surface area (Å²) < 4.78 is 1.87. The van der Waals surface area contributed by atoms with Crippen LogP contribution in [0.3, 0.4) is 0 Å². The molecule has 0 atom stereocenters. The number of carbonyl (C=O) groups excluding carboxylic acids is 1. The van der Waals surface area contributed by atoms with Crippen LogP contribution in [0.4, 0.5) is 5.82 Å². The molecule has 0 aliphatic carbocycles. The monoisotopic (exact) mass is 469 g/mol. The van der Waals surface area contributed by atoms with Crippen LogP contribution in [0.5, 0.6) is 0 Å². The number of benzene rings is 1. The fourth-order valence-corrected chi connectivity index (χ4v) is 4.86. The second-order valence-corrected chi connectivity index (χ2v) is 9.46. The standard InChI is InChI=1S/C27H31N7O/c1-33-17-21(15-32-33)10-19-5-8-34(9-6-19)18-22-12-24(16-29-13-22)27(35)31-14-20-2-3-25-23(11-20)4-7-30-26(25)28/h2-4,7,11-13,15-17,19H,5-6,8-10,14,18H2,1H3,(H2,28,30)(H,31,35). The number of aryl methyl sites for hydroxylation is 1. The largest absolute Gasteiger partial charge is 0.383 e. The Balaban J connectivity index is 1.14. The number of amides is 1. The molecule has 0 saturated carbocycles. The second-order valence-electron chi connectivity index (χ2n) is 9.46. The molecule has 0 spiro atoms. The van der Waals surface area contributed by atoms with E-state index in [-0.39, 0.29) is 5.91 Å². The van der Waals surface area contributed by atoms with Gasteiger partial charge in [0.1, 0.15) is 5.82 Å². The van der Waals surface area contributed by atoms with Gasteiger partial charge < -0.3 is 11.1 Å². The number of nitrogen functional groups attached to an aromatic ring is 1. The van der Waals surface area contributed by atoms with Gasteiger partial charge in [0, 0.05) is 50.3 Å². The molecule has 1 saturated heterocycles. The first-order valence-corrected chi connectivity index (χ1v) is 12.1. The van der Waals surface area contributed by atoms with Gasteiger partial charge in [-0.3, -0.25) is 19.4 Å². The van der Waals surface area contributed by atoms with E-state index in [0.717, 1.165) is 48.0 Å². The van der Waals surface area contributed by atoms with Crippen molar-refractivity contribution in [3.63, 3.8) is 0 Å². The van der Waals surface area contributed by atoms with Gasteiger partial charge in [0.05, 0.1) is 11.8 Å². The average Bonchev–Trinajstić information content (AvgIpc) is 3.28. The van der Waals surface area contributed by atoms with E-state index in [9.17, 15) is 4.79 Å². The van der Waals surface area contributed by atoms with Crippen LogP contribution in [-0.4, -0.2) is 43.6 Å². The minimum Gasteiger partial charge on any atom is -0.383 e. The number of pyridine rings is 2. The van der Waals surface area contributed by atoms with Crippen molar-refractivity contribution >= 4 is 22.5 Å². The highest BCUT2D eigenvalue weighted by atomic mass is 16.1. The van der Waals surface area contributed by atoms with Crippen LogP contribution >= 0.6 is 0 Å². The molecular weight excluding hydrogens is 438 g/mol. The van der Waals surface area contributed by atoms with E-state index in [0.29, 0.717) is 23.8 Å². The zero-order valence-electron chi connectivity index (χ0n) is 20.0. The van der Waals surface area contributed by atoms with Gasteiger partial charge in [-0.2, -0.15) is 5.10 Å². The Hall–Kier alpha value is -3.78. The van der Waals surface area contributed by atoms with Crippen molar-refractivity contribution in [3.8, 4) is 0 Å². The fraction of sp³-hybridized carbons (Fsp3) is 0.333. The van der Waals surface area contributed by atoms with Gasteiger partial charge >= 0.3 is 0 Å². The number of aromatic nitrogens is 4. The highest BCUT2D eigenvalue weighted by molar-refractivity contribution is 5.94. The average molecular weight is 470 g/mol. The van der Waals surface area contributed by atoms with Crippen LogP contribution in [0.2, 0.25) is 0 Å². The number of anilines is 1. The first kappa shape index (κ1) is 23.0. The zero-order chi connectivity index (χ0) is 24.2. The first-order valence-electron chi connectivity index (χ1n) is 12.1. The SMILES string of the molecule is Cn1cc(CC2CCN(Cc3cncc(C(=O)NCc4ccc5c(N)nccc5c4)c3)CC2)cn1.